The minimum absolute atomic E-state index is 0.394. The Morgan fingerprint density at radius 3 is 2.35 bits per heavy atom. The molecule has 0 amide bonds. The number of aromatic nitrogens is 1. The highest BCUT2D eigenvalue weighted by molar-refractivity contribution is 6.31. The number of aromatic amines is 1. The van der Waals surface area contributed by atoms with Crippen LogP contribution in [-0.2, 0) is 0 Å². The Kier molecular flexibility index (Phi) is 4.06. The van der Waals surface area contributed by atoms with Crippen LogP contribution in [-0.4, -0.2) is 4.98 Å². The van der Waals surface area contributed by atoms with E-state index in [0.717, 1.165) is 27.7 Å². The van der Waals surface area contributed by atoms with E-state index in [0.29, 0.717) is 5.02 Å². The van der Waals surface area contributed by atoms with Crippen molar-refractivity contribution in [3.63, 3.8) is 0 Å². The number of aryl methyl sites for hydroxylation is 1. The molecule has 4 heteroatoms. The molecule has 2 aromatic carbocycles. The molecule has 0 saturated heterocycles. The zero-order chi connectivity index (χ0) is 16.4. The van der Waals surface area contributed by atoms with Crippen molar-refractivity contribution in [2.24, 2.45) is 5.92 Å². The molecule has 112 valence electrons. The molecular formula is C19H14ClN3. The van der Waals surface area contributed by atoms with E-state index in [1.807, 2.05) is 49.4 Å². The first-order valence-electron chi connectivity index (χ1n) is 7.28. The zero-order valence-electron chi connectivity index (χ0n) is 12.5. The molecule has 0 radical (unpaired) electrons. The molecule has 1 heterocycles. The standard InChI is InChI=1S/C19H14ClN3/c1-12-18(15-7-3-5-9-17(15)23-12)19(13(10-21)11-22)14-6-2-4-8-16(14)20/h2-9,13,19,23H,1H3/t19-/m1/s1. The number of hydrogen-bond acceptors (Lipinski definition) is 2. The van der Waals surface area contributed by atoms with Crippen molar-refractivity contribution in [2.45, 2.75) is 12.8 Å². The smallest absolute Gasteiger partial charge is 0.144 e. The quantitative estimate of drug-likeness (QED) is 0.744. The summed E-state index contributed by atoms with van der Waals surface area (Å²) in [5.41, 5.74) is 3.70. The van der Waals surface area contributed by atoms with Crippen molar-refractivity contribution >= 4 is 22.5 Å². The molecule has 3 nitrogen and oxygen atoms in total. The molecule has 1 atom stereocenters. The maximum atomic E-state index is 9.48. The third kappa shape index (κ3) is 2.57. The second-order valence-electron chi connectivity index (χ2n) is 5.44. The molecule has 0 aliphatic rings. The number of hydrogen-bond donors (Lipinski definition) is 1. The van der Waals surface area contributed by atoms with Gasteiger partial charge in [-0.05, 0) is 30.2 Å². The SMILES string of the molecule is Cc1[nH]c2ccccc2c1[C@@H](c1ccccc1Cl)C(C#N)C#N. The predicted molar refractivity (Wildman–Crippen MR) is 91.0 cm³/mol. The van der Waals surface area contributed by atoms with Crippen LogP contribution >= 0.6 is 11.6 Å². The molecule has 1 N–H and O–H groups in total. The average Bonchev–Trinajstić information content (AvgIpc) is 2.89. The lowest BCUT2D eigenvalue weighted by Gasteiger charge is -2.20. The summed E-state index contributed by atoms with van der Waals surface area (Å²) in [4.78, 5) is 3.34. The van der Waals surface area contributed by atoms with Crippen LogP contribution < -0.4 is 0 Å². The van der Waals surface area contributed by atoms with E-state index in [2.05, 4.69) is 17.1 Å². The van der Waals surface area contributed by atoms with Gasteiger partial charge in [0.15, 0.2) is 0 Å². The number of fused-ring (bicyclic) bond motifs is 1. The fourth-order valence-electron chi connectivity index (χ4n) is 3.11. The van der Waals surface area contributed by atoms with Crippen LogP contribution in [0, 0.1) is 35.5 Å². The summed E-state index contributed by atoms with van der Waals surface area (Å²) in [6.07, 6.45) is 0. The fourth-order valence-corrected chi connectivity index (χ4v) is 3.36. The van der Waals surface area contributed by atoms with Gasteiger partial charge in [0.2, 0.25) is 0 Å². The number of benzene rings is 2. The molecule has 0 spiro atoms. The summed E-state index contributed by atoms with van der Waals surface area (Å²) in [6.45, 7) is 1.96. The number of nitrogens with one attached hydrogen (secondary N) is 1. The Bertz CT molecular complexity index is 929. The maximum Gasteiger partial charge on any atom is 0.144 e. The summed E-state index contributed by atoms with van der Waals surface area (Å²) in [6, 6.07) is 19.6. The molecule has 0 aliphatic heterocycles. The van der Waals surface area contributed by atoms with Crippen molar-refractivity contribution in [2.75, 3.05) is 0 Å². The van der Waals surface area contributed by atoms with E-state index in [1.54, 1.807) is 6.07 Å². The van der Waals surface area contributed by atoms with Gasteiger partial charge in [-0.2, -0.15) is 10.5 Å². The van der Waals surface area contributed by atoms with Crippen LogP contribution in [0.4, 0.5) is 0 Å². The maximum absolute atomic E-state index is 9.48. The highest BCUT2D eigenvalue weighted by atomic mass is 35.5. The van der Waals surface area contributed by atoms with Gasteiger partial charge in [-0.15, -0.1) is 0 Å². The summed E-state index contributed by atoms with van der Waals surface area (Å²) >= 11 is 6.37. The van der Waals surface area contributed by atoms with Gasteiger partial charge in [-0.3, -0.25) is 0 Å². The summed E-state index contributed by atoms with van der Waals surface area (Å²) in [5.74, 6) is -1.21. The van der Waals surface area contributed by atoms with E-state index in [4.69, 9.17) is 11.6 Å². The molecular weight excluding hydrogens is 306 g/mol. The second-order valence-corrected chi connectivity index (χ2v) is 5.85. The molecule has 3 aromatic rings. The molecule has 23 heavy (non-hydrogen) atoms. The van der Waals surface area contributed by atoms with Crippen LogP contribution in [0.5, 0.6) is 0 Å². The average molecular weight is 320 g/mol. The molecule has 3 rings (SSSR count). The molecule has 0 saturated carbocycles. The van der Waals surface area contributed by atoms with Crippen molar-refractivity contribution in [3.8, 4) is 12.1 Å². The van der Waals surface area contributed by atoms with E-state index in [9.17, 15) is 10.5 Å². The van der Waals surface area contributed by atoms with Crippen molar-refractivity contribution in [3.05, 3.63) is 70.4 Å². The van der Waals surface area contributed by atoms with E-state index < -0.39 is 11.8 Å². The minimum Gasteiger partial charge on any atom is -0.358 e. The van der Waals surface area contributed by atoms with Crippen molar-refractivity contribution < 1.29 is 0 Å². The zero-order valence-corrected chi connectivity index (χ0v) is 13.3. The summed E-state index contributed by atoms with van der Waals surface area (Å²) in [7, 11) is 0. The molecule has 0 fully saturated rings. The summed E-state index contributed by atoms with van der Waals surface area (Å²) in [5, 5.41) is 20.6. The van der Waals surface area contributed by atoms with Gasteiger partial charge in [0, 0.05) is 27.5 Å². The number of rotatable bonds is 3. The van der Waals surface area contributed by atoms with Crippen LogP contribution in [0.3, 0.4) is 0 Å². The lowest BCUT2D eigenvalue weighted by molar-refractivity contribution is 0.709. The van der Waals surface area contributed by atoms with E-state index in [-0.39, 0.29) is 0 Å². The number of H-pyrrole nitrogens is 1. The van der Waals surface area contributed by atoms with E-state index in [1.165, 1.54) is 0 Å². The Morgan fingerprint density at radius 1 is 1.00 bits per heavy atom. The molecule has 0 unspecified atom stereocenters. The Morgan fingerprint density at radius 2 is 1.65 bits per heavy atom. The highest BCUT2D eigenvalue weighted by Crippen LogP contribution is 2.40. The van der Waals surface area contributed by atoms with Crippen LogP contribution in [0.2, 0.25) is 5.02 Å². The van der Waals surface area contributed by atoms with Gasteiger partial charge in [-0.25, -0.2) is 0 Å². The third-order valence-electron chi connectivity index (χ3n) is 4.11. The number of halogens is 1. The van der Waals surface area contributed by atoms with Gasteiger partial charge < -0.3 is 4.98 Å². The fraction of sp³-hybridized carbons (Fsp3) is 0.158. The van der Waals surface area contributed by atoms with Crippen molar-refractivity contribution in [1.82, 2.24) is 4.98 Å². The largest absolute Gasteiger partial charge is 0.358 e. The van der Waals surface area contributed by atoms with Gasteiger partial charge in [0.05, 0.1) is 12.1 Å². The van der Waals surface area contributed by atoms with Gasteiger partial charge >= 0.3 is 0 Å². The predicted octanol–water partition coefficient (Wildman–Crippen LogP) is 4.92. The number of nitrogens with zero attached hydrogens (tertiary/aromatic N) is 2. The lowest BCUT2D eigenvalue weighted by atomic mass is 9.80. The van der Waals surface area contributed by atoms with Crippen molar-refractivity contribution in [1.29, 1.82) is 10.5 Å². The van der Waals surface area contributed by atoms with Crippen LogP contribution in [0.1, 0.15) is 22.7 Å². The minimum atomic E-state index is -0.812. The normalized spacial score (nSPS) is 12.0. The molecule has 1 aromatic heterocycles. The van der Waals surface area contributed by atoms with Gasteiger partial charge in [-0.1, -0.05) is 48.0 Å². The van der Waals surface area contributed by atoms with Crippen LogP contribution in [0.15, 0.2) is 48.5 Å². The number of nitriles is 2. The Labute approximate surface area is 139 Å². The third-order valence-corrected chi connectivity index (χ3v) is 4.45. The first kappa shape index (κ1) is 15.2. The lowest BCUT2D eigenvalue weighted by Crippen LogP contribution is -2.13. The summed E-state index contributed by atoms with van der Waals surface area (Å²) < 4.78 is 0. The number of para-hydroxylation sites is 1. The Balaban J connectivity index is 2.32. The first-order chi connectivity index (χ1) is 11.2. The van der Waals surface area contributed by atoms with E-state index >= 15 is 0 Å². The van der Waals surface area contributed by atoms with Gasteiger partial charge in [0.1, 0.15) is 5.92 Å². The second kappa shape index (κ2) is 6.16. The molecule has 0 aliphatic carbocycles. The Hall–Kier alpha value is -2.75. The highest BCUT2D eigenvalue weighted by Gasteiger charge is 2.30. The first-order valence-corrected chi connectivity index (χ1v) is 7.66. The molecule has 0 bridgehead atoms. The van der Waals surface area contributed by atoms with Gasteiger partial charge in [0.25, 0.3) is 0 Å². The topological polar surface area (TPSA) is 63.4 Å². The monoisotopic (exact) mass is 319 g/mol. The van der Waals surface area contributed by atoms with Crippen LogP contribution in [0.25, 0.3) is 10.9 Å².